The molecule has 204 valence electrons. The van der Waals surface area contributed by atoms with Crippen molar-refractivity contribution in [1.82, 2.24) is 15.0 Å². The summed E-state index contributed by atoms with van der Waals surface area (Å²) in [6, 6.07) is 19.8. The van der Waals surface area contributed by atoms with Crippen molar-refractivity contribution in [2.24, 2.45) is 0 Å². The Hall–Kier alpha value is -4.47. The van der Waals surface area contributed by atoms with Gasteiger partial charge in [0, 0.05) is 36.7 Å². The molecule has 0 bridgehead atoms. The molecule has 2 N–H and O–H groups in total. The molecule has 2 heterocycles. The summed E-state index contributed by atoms with van der Waals surface area (Å²) in [5, 5.41) is 4.45. The quantitative estimate of drug-likeness (QED) is 0.327. The van der Waals surface area contributed by atoms with Gasteiger partial charge in [-0.3, -0.25) is 19.8 Å². The number of anilines is 2. The van der Waals surface area contributed by atoms with Crippen LogP contribution >= 0.6 is 11.6 Å². The number of fused-ring (bicyclic) bond motifs is 2. The zero-order valence-electron chi connectivity index (χ0n) is 22.2. The number of nitrogens with zero attached hydrogens (tertiary/aromatic N) is 3. The smallest absolute Gasteiger partial charge is 0.282 e. The standard InChI is InChI=1S/C30H27ClFN5O3/c1-18-8-9-20(32)14-24(18)28(38)33-21-10-12-23(25(31)15-21)30(40)37-17-22-11-13-27(29(39)34-35(2)3)36(22)16-19-6-4-5-7-26(19)37/h4-15H,16-17H2,1-3H3,(H,33,38)(H,34,39). The van der Waals surface area contributed by atoms with Crippen molar-refractivity contribution < 1.29 is 18.8 Å². The highest BCUT2D eigenvalue weighted by Gasteiger charge is 2.28. The second-order valence-corrected chi connectivity index (χ2v) is 10.2. The molecule has 0 fully saturated rings. The van der Waals surface area contributed by atoms with Crippen LogP contribution in [0.3, 0.4) is 0 Å². The van der Waals surface area contributed by atoms with Gasteiger partial charge in [0.15, 0.2) is 0 Å². The van der Waals surface area contributed by atoms with E-state index in [9.17, 15) is 18.8 Å². The normalized spacial score (nSPS) is 12.4. The molecule has 0 unspecified atom stereocenters. The van der Waals surface area contributed by atoms with E-state index in [4.69, 9.17) is 11.6 Å². The maximum Gasteiger partial charge on any atom is 0.282 e. The van der Waals surface area contributed by atoms with Gasteiger partial charge in [0.05, 0.1) is 23.7 Å². The Morgan fingerprint density at radius 3 is 2.42 bits per heavy atom. The molecule has 1 aliphatic rings. The lowest BCUT2D eigenvalue weighted by molar-refractivity contribution is 0.0846. The third-order valence-corrected chi connectivity index (χ3v) is 7.02. The van der Waals surface area contributed by atoms with Gasteiger partial charge in [0.1, 0.15) is 11.5 Å². The number of aromatic nitrogens is 1. The Bertz CT molecular complexity index is 1650. The van der Waals surface area contributed by atoms with Crippen LogP contribution in [-0.2, 0) is 13.1 Å². The molecule has 0 aliphatic carbocycles. The molecule has 3 amide bonds. The largest absolute Gasteiger partial charge is 0.334 e. The highest BCUT2D eigenvalue weighted by Crippen LogP contribution is 2.32. The number of aryl methyl sites for hydroxylation is 1. The third kappa shape index (κ3) is 5.34. The number of hydrogen-bond donors (Lipinski definition) is 2. The van der Waals surface area contributed by atoms with Crippen molar-refractivity contribution in [2.45, 2.75) is 20.0 Å². The number of nitrogens with one attached hydrogen (secondary N) is 2. The van der Waals surface area contributed by atoms with E-state index in [1.807, 2.05) is 34.9 Å². The molecule has 4 aromatic rings. The van der Waals surface area contributed by atoms with Crippen LogP contribution in [0.2, 0.25) is 5.02 Å². The highest BCUT2D eigenvalue weighted by atomic mass is 35.5. The van der Waals surface area contributed by atoms with Gasteiger partial charge in [-0.1, -0.05) is 35.9 Å². The number of halogens is 2. The van der Waals surface area contributed by atoms with Gasteiger partial charge in [-0.05, 0) is 66.6 Å². The number of carbonyl (C=O) groups excluding carboxylic acids is 3. The maximum absolute atomic E-state index is 13.9. The lowest BCUT2D eigenvalue weighted by atomic mass is 10.1. The molecule has 3 aromatic carbocycles. The van der Waals surface area contributed by atoms with Gasteiger partial charge in [0.25, 0.3) is 17.7 Å². The third-order valence-electron chi connectivity index (χ3n) is 6.71. The highest BCUT2D eigenvalue weighted by molar-refractivity contribution is 6.35. The fraction of sp³-hybridized carbons (Fsp3) is 0.167. The molecule has 10 heteroatoms. The first kappa shape index (κ1) is 27.1. The Labute approximate surface area is 235 Å². The second kappa shape index (κ2) is 11.0. The first-order valence-corrected chi connectivity index (χ1v) is 12.9. The average molecular weight is 560 g/mol. The number of hydrogen-bond acceptors (Lipinski definition) is 4. The van der Waals surface area contributed by atoms with Crippen molar-refractivity contribution in [3.8, 4) is 0 Å². The van der Waals surface area contributed by atoms with E-state index in [-0.39, 0.29) is 34.5 Å². The summed E-state index contributed by atoms with van der Waals surface area (Å²) in [6.07, 6.45) is 0. The minimum Gasteiger partial charge on any atom is -0.334 e. The fourth-order valence-electron chi connectivity index (χ4n) is 4.75. The summed E-state index contributed by atoms with van der Waals surface area (Å²) in [4.78, 5) is 41.1. The minimum absolute atomic E-state index is 0.155. The van der Waals surface area contributed by atoms with Crippen molar-refractivity contribution >= 4 is 40.7 Å². The zero-order valence-corrected chi connectivity index (χ0v) is 22.9. The van der Waals surface area contributed by atoms with E-state index >= 15 is 0 Å². The van der Waals surface area contributed by atoms with Gasteiger partial charge < -0.3 is 14.8 Å². The van der Waals surface area contributed by atoms with Gasteiger partial charge >= 0.3 is 0 Å². The topological polar surface area (TPSA) is 86.7 Å². The van der Waals surface area contributed by atoms with Gasteiger partial charge in [-0.15, -0.1) is 0 Å². The van der Waals surface area contributed by atoms with Crippen LogP contribution in [-0.4, -0.2) is 41.4 Å². The molecule has 5 rings (SSSR count). The number of amides is 3. The molecule has 0 spiro atoms. The summed E-state index contributed by atoms with van der Waals surface area (Å²) in [7, 11) is 3.48. The molecule has 0 saturated heterocycles. The fourth-order valence-corrected chi connectivity index (χ4v) is 5.01. The Morgan fingerprint density at radius 1 is 0.900 bits per heavy atom. The molecule has 1 aliphatic heterocycles. The molecule has 0 atom stereocenters. The predicted molar refractivity (Wildman–Crippen MR) is 152 cm³/mol. The second-order valence-electron chi connectivity index (χ2n) is 9.76. The van der Waals surface area contributed by atoms with Crippen molar-refractivity contribution in [2.75, 3.05) is 24.3 Å². The van der Waals surface area contributed by atoms with Crippen molar-refractivity contribution in [1.29, 1.82) is 0 Å². The van der Waals surface area contributed by atoms with E-state index in [0.717, 1.165) is 11.3 Å². The van der Waals surface area contributed by atoms with E-state index < -0.39 is 11.7 Å². The van der Waals surface area contributed by atoms with Gasteiger partial charge in [-0.25, -0.2) is 9.40 Å². The molecule has 8 nitrogen and oxygen atoms in total. The van der Waals surface area contributed by atoms with Crippen LogP contribution in [0.1, 0.15) is 48.0 Å². The molecule has 0 radical (unpaired) electrons. The Kier molecular flexibility index (Phi) is 7.42. The van der Waals surface area contributed by atoms with Crippen molar-refractivity contribution in [3.05, 3.63) is 117 Å². The van der Waals surface area contributed by atoms with E-state index in [1.54, 1.807) is 49.1 Å². The average Bonchev–Trinajstić information content (AvgIpc) is 3.22. The van der Waals surface area contributed by atoms with E-state index in [1.165, 1.54) is 24.3 Å². The van der Waals surface area contributed by atoms with Crippen molar-refractivity contribution in [3.63, 3.8) is 0 Å². The lowest BCUT2D eigenvalue weighted by Crippen LogP contribution is -2.37. The summed E-state index contributed by atoms with van der Waals surface area (Å²) in [5.41, 5.74) is 7.09. The monoisotopic (exact) mass is 559 g/mol. The summed E-state index contributed by atoms with van der Waals surface area (Å²) < 4.78 is 15.6. The lowest BCUT2D eigenvalue weighted by Gasteiger charge is -2.23. The van der Waals surface area contributed by atoms with Crippen LogP contribution < -0.4 is 15.6 Å². The number of para-hydroxylation sites is 1. The first-order valence-electron chi connectivity index (χ1n) is 12.6. The van der Waals surface area contributed by atoms with Crippen LogP contribution in [0, 0.1) is 12.7 Å². The molecular weight excluding hydrogens is 533 g/mol. The summed E-state index contributed by atoms with van der Waals surface area (Å²) >= 11 is 6.57. The summed E-state index contributed by atoms with van der Waals surface area (Å²) in [5.74, 6) is -1.57. The minimum atomic E-state index is -0.510. The van der Waals surface area contributed by atoms with E-state index in [0.29, 0.717) is 29.2 Å². The Balaban J connectivity index is 1.44. The number of benzene rings is 3. The molecule has 1 aromatic heterocycles. The first-order chi connectivity index (χ1) is 19.1. The molecular formula is C30H27ClFN5O3. The van der Waals surface area contributed by atoms with Gasteiger partial charge in [0.2, 0.25) is 0 Å². The van der Waals surface area contributed by atoms with Crippen LogP contribution in [0.4, 0.5) is 15.8 Å². The number of rotatable bonds is 5. The number of carbonyl (C=O) groups is 3. The Morgan fingerprint density at radius 2 is 1.68 bits per heavy atom. The zero-order chi connectivity index (χ0) is 28.6. The predicted octanol–water partition coefficient (Wildman–Crippen LogP) is 5.26. The molecule has 0 saturated carbocycles. The van der Waals surface area contributed by atoms with E-state index in [2.05, 4.69) is 10.7 Å². The SMILES string of the molecule is Cc1ccc(F)cc1C(=O)Nc1ccc(C(=O)N2Cc3ccc(C(=O)NN(C)C)n3Cc3ccccc32)c(Cl)c1. The van der Waals surface area contributed by atoms with Crippen LogP contribution in [0.25, 0.3) is 0 Å². The van der Waals surface area contributed by atoms with Crippen LogP contribution in [0.15, 0.2) is 72.8 Å². The summed E-state index contributed by atoms with van der Waals surface area (Å²) in [6.45, 7) is 2.35. The van der Waals surface area contributed by atoms with Gasteiger partial charge in [-0.2, -0.15) is 0 Å². The maximum atomic E-state index is 13.9. The molecule has 40 heavy (non-hydrogen) atoms. The van der Waals surface area contributed by atoms with Crippen LogP contribution in [0.5, 0.6) is 0 Å². The number of hydrazine groups is 1.